The molecule has 6 heteroatoms. The smallest absolute Gasteiger partial charge is 0.309 e. The topological polar surface area (TPSA) is 33.4 Å². The summed E-state index contributed by atoms with van der Waals surface area (Å²) in [7, 11) is 0. The highest BCUT2D eigenvalue weighted by Gasteiger charge is 2.52. The third-order valence-electron chi connectivity index (χ3n) is 9.00. The molecule has 0 atom stereocenters. The molecule has 2 aromatic heterocycles. The van der Waals surface area contributed by atoms with Crippen LogP contribution in [0.3, 0.4) is 0 Å². The highest BCUT2D eigenvalue weighted by atomic mass is 16.2. The first-order valence-corrected chi connectivity index (χ1v) is 14.0. The van der Waals surface area contributed by atoms with Crippen molar-refractivity contribution in [3.8, 4) is 0 Å². The van der Waals surface area contributed by atoms with Gasteiger partial charge in [0.1, 0.15) is 0 Å². The summed E-state index contributed by atoms with van der Waals surface area (Å²) in [6.07, 6.45) is 0. The average molecular weight is 524 g/mol. The predicted molar refractivity (Wildman–Crippen MR) is 168 cm³/mol. The molecule has 3 aliphatic heterocycles. The van der Waals surface area contributed by atoms with Gasteiger partial charge in [0.25, 0.3) is 6.71 Å². The molecule has 41 heavy (non-hydrogen) atoms. The Kier molecular flexibility index (Phi) is 3.84. The maximum atomic E-state index is 14.8. The zero-order valence-electron chi connectivity index (χ0n) is 21.9. The maximum Gasteiger partial charge on any atom is 0.336 e. The molecular formula is C35H21BN4O. The van der Waals surface area contributed by atoms with E-state index in [0.29, 0.717) is 0 Å². The molecule has 0 unspecified atom stereocenters. The largest absolute Gasteiger partial charge is 0.336 e. The van der Waals surface area contributed by atoms with Crippen LogP contribution in [0.4, 0.5) is 38.9 Å². The van der Waals surface area contributed by atoms with Crippen LogP contribution in [0.5, 0.6) is 0 Å². The van der Waals surface area contributed by atoms with Crippen LogP contribution in [0.1, 0.15) is 0 Å². The molecule has 0 bridgehead atoms. The molecule has 0 spiro atoms. The molecular weight excluding hydrogens is 503 g/mol. The number of hydrogen-bond donors (Lipinski definition) is 0. The van der Waals surface area contributed by atoms with Gasteiger partial charge in [-0.3, -0.25) is 9.13 Å². The highest BCUT2D eigenvalue weighted by molar-refractivity contribution is 7.01. The van der Waals surface area contributed by atoms with E-state index in [-0.39, 0.29) is 12.7 Å². The van der Waals surface area contributed by atoms with Gasteiger partial charge in [0, 0.05) is 44.7 Å². The van der Waals surface area contributed by atoms with E-state index in [2.05, 4.69) is 125 Å². The summed E-state index contributed by atoms with van der Waals surface area (Å²) in [6.45, 7) is -0.0939. The van der Waals surface area contributed by atoms with Gasteiger partial charge in [-0.05, 0) is 54.0 Å². The monoisotopic (exact) mass is 524 g/mol. The van der Waals surface area contributed by atoms with Crippen molar-refractivity contribution in [1.29, 1.82) is 0 Å². The van der Waals surface area contributed by atoms with Crippen LogP contribution in [0.25, 0.3) is 21.8 Å². The molecule has 0 amide bonds. The Morgan fingerprint density at radius 1 is 0.463 bits per heavy atom. The van der Waals surface area contributed by atoms with Gasteiger partial charge in [0.05, 0.1) is 22.4 Å². The number of carbonyl (C=O) groups is 1. The second kappa shape index (κ2) is 7.37. The fourth-order valence-electron chi connectivity index (χ4n) is 7.56. The van der Waals surface area contributed by atoms with Crippen LogP contribution in [-0.4, -0.2) is 21.9 Å². The summed E-state index contributed by atoms with van der Waals surface area (Å²) in [6, 6.07) is 44.3. The minimum absolute atomic E-state index is 0.0278. The molecule has 0 aliphatic carbocycles. The molecule has 7 aromatic rings. The molecule has 0 N–H and O–H groups in total. The first-order chi connectivity index (χ1) is 20.3. The summed E-state index contributed by atoms with van der Waals surface area (Å²) in [5, 5.41) is 2.16. The first-order valence-electron chi connectivity index (χ1n) is 14.0. The van der Waals surface area contributed by atoms with Gasteiger partial charge in [0.15, 0.2) is 0 Å². The van der Waals surface area contributed by atoms with E-state index in [4.69, 9.17) is 0 Å². The summed E-state index contributed by atoms with van der Waals surface area (Å²) < 4.78 is 3.96. The summed E-state index contributed by atoms with van der Waals surface area (Å²) in [5.41, 5.74) is 11.8. The third kappa shape index (κ3) is 2.43. The van der Waals surface area contributed by atoms with Crippen molar-refractivity contribution in [3.05, 3.63) is 127 Å². The first kappa shape index (κ1) is 21.4. The molecule has 0 saturated heterocycles. The number of fused-ring (bicyclic) bond motifs is 6. The number of carbonyl (C=O) groups excluding carboxylic acids is 1. The lowest BCUT2D eigenvalue weighted by molar-refractivity contribution is 0.246. The van der Waals surface area contributed by atoms with E-state index in [1.54, 1.807) is 0 Å². The zero-order chi connectivity index (χ0) is 26.8. The van der Waals surface area contributed by atoms with Crippen molar-refractivity contribution in [3.63, 3.8) is 0 Å². The fourth-order valence-corrected chi connectivity index (χ4v) is 7.56. The number of rotatable bonds is 2. The van der Waals surface area contributed by atoms with E-state index in [9.17, 15) is 4.79 Å². The number of aromatic nitrogens is 2. The number of anilines is 6. The molecule has 10 rings (SSSR count). The van der Waals surface area contributed by atoms with Crippen molar-refractivity contribution in [2.75, 3.05) is 9.80 Å². The van der Waals surface area contributed by atoms with E-state index >= 15 is 0 Å². The quantitative estimate of drug-likeness (QED) is 0.242. The molecule has 5 nitrogen and oxygen atoms in total. The average Bonchev–Trinajstić information content (AvgIpc) is 3.56. The Bertz CT molecular complexity index is 2100. The maximum absolute atomic E-state index is 14.8. The van der Waals surface area contributed by atoms with Crippen LogP contribution >= 0.6 is 0 Å². The highest BCUT2D eigenvalue weighted by Crippen LogP contribution is 2.49. The Hall–Kier alpha value is -5.49. The van der Waals surface area contributed by atoms with E-state index in [1.807, 2.05) is 21.3 Å². The molecule has 3 aliphatic rings. The van der Waals surface area contributed by atoms with Crippen molar-refractivity contribution < 1.29 is 4.79 Å². The zero-order valence-corrected chi connectivity index (χ0v) is 21.9. The van der Waals surface area contributed by atoms with Crippen molar-refractivity contribution >= 4 is 85.3 Å². The predicted octanol–water partition coefficient (Wildman–Crippen LogP) is 6.51. The number of hydrogen-bond acceptors (Lipinski definition) is 3. The van der Waals surface area contributed by atoms with Crippen molar-refractivity contribution in [2.24, 2.45) is 0 Å². The van der Waals surface area contributed by atoms with Gasteiger partial charge < -0.3 is 9.80 Å². The normalized spacial score (nSPS) is 14.2. The van der Waals surface area contributed by atoms with Gasteiger partial charge >= 0.3 is 6.03 Å². The summed E-state index contributed by atoms with van der Waals surface area (Å²) in [5.74, 6) is 0. The lowest BCUT2D eigenvalue weighted by atomic mass is 9.36. The molecule has 0 fully saturated rings. The van der Waals surface area contributed by atoms with Crippen LogP contribution in [0.2, 0.25) is 0 Å². The van der Waals surface area contributed by atoms with Crippen molar-refractivity contribution in [2.45, 2.75) is 0 Å². The number of benzene rings is 5. The van der Waals surface area contributed by atoms with Gasteiger partial charge in [-0.2, -0.15) is 0 Å². The Labute approximate surface area is 236 Å². The van der Waals surface area contributed by atoms with Gasteiger partial charge in [-0.25, -0.2) is 4.79 Å². The molecule has 190 valence electrons. The van der Waals surface area contributed by atoms with E-state index < -0.39 is 0 Å². The fraction of sp³-hybridized carbons (Fsp3) is 0. The van der Waals surface area contributed by atoms with Gasteiger partial charge in [-0.1, -0.05) is 78.9 Å². The minimum atomic E-state index is -0.0939. The molecule has 0 saturated carbocycles. The lowest BCUT2D eigenvalue weighted by Crippen LogP contribution is -2.68. The van der Waals surface area contributed by atoms with Crippen LogP contribution in [-0.2, 0) is 0 Å². The minimum Gasteiger partial charge on any atom is -0.309 e. The molecule has 5 heterocycles. The molecule has 5 aromatic carbocycles. The Balaban J connectivity index is 1.45. The van der Waals surface area contributed by atoms with Crippen LogP contribution in [0.15, 0.2) is 127 Å². The van der Waals surface area contributed by atoms with E-state index in [0.717, 1.165) is 67.1 Å². The summed E-state index contributed by atoms with van der Waals surface area (Å²) >= 11 is 0. The molecule has 0 radical (unpaired) electrons. The van der Waals surface area contributed by atoms with Gasteiger partial charge in [0.2, 0.25) is 0 Å². The van der Waals surface area contributed by atoms with Gasteiger partial charge in [-0.15, -0.1) is 0 Å². The van der Waals surface area contributed by atoms with Crippen LogP contribution in [0, 0.1) is 0 Å². The summed E-state index contributed by atoms with van der Waals surface area (Å²) in [4.78, 5) is 19.5. The van der Waals surface area contributed by atoms with E-state index in [1.165, 1.54) is 5.46 Å². The second-order valence-corrected chi connectivity index (χ2v) is 10.9. The van der Waals surface area contributed by atoms with Crippen molar-refractivity contribution in [1.82, 2.24) is 9.13 Å². The standard InChI is InChI=1S/C35H21BN4O/c41-35-39-26-18-9-7-16-24(26)31-33(39)36-30-28(37(31)22-12-3-1-4-13-22)20-11-21-29(30)38(23-14-5-2-6-15-23)32-25-17-8-10-19-27(25)40(35)34(32)36/h1-21H. The number of nitrogens with zero attached hydrogens (tertiary/aromatic N) is 4. The number of para-hydroxylation sites is 4. The third-order valence-corrected chi connectivity index (χ3v) is 9.00. The second-order valence-electron chi connectivity index (χ2n) is 10.9. The Morgan fingerprint density at radius 3 is 1.39 bits per heavy atom. The SMILES string of the molecule is O=C1n2c3c(c4ccccc42)N(c2ccccc2)c2cccc4c2B3c2c(c3ccccc3n21)N4c1ccccc1. The Morgan fingerprint density at radius 2 is 0.902 bits per heavy atom. The lowest BCUT2D eigenvalue weighted by Gasteiger charge is -2.44. The van der Waals surface area contributed by atoms with Crippen LogP contribution < -0.4 is 26.4 Å².